The second kappa shape index (κ2) is 7.74. The lowest BCUT2D eigenvalue weighted by Gasteiger charge is -2.08. The summed E-state index contributed by atoms with van der Waals surface area (Å²) < 4.78 is 0. The minimum atomic E-state index is 0.351. The molecule has 8 nitrogen and oxygen atoms in total. The highest BCUT2D eigenvalue weighted by atomic mass is 15.1. The first kappa shape index (κ1) is 21.7. The van der Waals surface area contributed by atoms with Crippen LogP contribution in [-0.2, 0) is 0 Å². The summed E-state index contributed by atoms with van der Waals surface area (Å²) in [6, 6.07) is 23.1. The number of hydrogen-bond acceptors (Lipinski definition) is 6. The number of aromatic nitrogens is 6. The van der Waals surface area contributed by atoms with Crippen LogP contribution >= 0.6 is 0 Å². The Morgan fingerprint density at radius 1 is 0.500 bits per heavy atom. The van der Waals surface area contributed by atoms with Crippen molar-refractivity contribution in [2.45, 2.75) is 49.9 Å². The van der Waals surface area contributed by atoms with Gasteiger partial charge in [-0.1, -0.05) is 12.1 Å². The molecule has 4 fully saturated rings. The van der Waals surface area contributed by atoms with E-state index in [1.165, 1.54) is 25.7 Å². The maximum Gasteiger partial charge on any atom is 0.124 e. The van der Waals surface area contributed by atoms with E-state index in [-0.39, 0.29) is 0 Å². The van der Waals surface area contributed by atoms with Gasteiger partial charge >= 0.3 is 0 Å². The van der Waals surface area contributed by atoms with Crippen molar-refractivity contribution in [1.82, 2.24) is 40.5 Å². The number of fused-ring (bicyclic) bond motifs is 5. The minimum Gasteiger partial charge on any atom is -0.341 e. The van der Waals surface area contributed by atoms with Crippen molar-refractivity contribution in [2.24, 2.45) is 11.8 Å². The molecule has 4 aromatic heterocycles. The summed E-state index contributed by atoms with van der Waals surface area (Å²) in [6.45, 7) is 0. The molecule has 0 spiro atoms. The summed E-state index contributed by atoms with van der Waals surface area (Å²) in [6.07, 6.45) is 5.02. The Hall–Kier alpha value is -4.14. The van der Waals surface area contributed by atoms with E-state index in [2.05, 4.69) is 81.3 Å². The number of aromatic amines is 2. The summed E-state index contributed by atoms with van der Waals surface area (Å²) in [4.78, 5) is 26.8. The number of nitrogens with zero attached hydrogens (tertiary/aromatic N) is 4. The Balaban J connectivity index is 0.942. The number of H-pyrrole nitrogens is 2. The van der Waals surface area contributed by atoms with Crippen molar-refractivity contribution in [3.63, 3.8) is 0 Å². The van der Waals surface area contributed by atoms with E-state index in [9.17, 15) is 0 Å². The zero-order valence-corrected chi connectivity index (χ0v) is 21.9. The van der Waals surface area contributed by atoms with Crippen LogP contribution in [0.5, 0.6) is 0 Å². The lowest BCUT2D eigenvalue weighted by molar-refractivity contribution is 0.544. The average Bonchev–Trinajstić information content (AvgIpc) is 3.57. The van der Waals surface area contributed by atoms with Gasteiger partial charge in [-0.15, -0.1) is 0 Å². The van der Waals surface area contributed by atoms with E-state index in [1.54, 1.807) is 0 Å². The van der Waals surface area contributed by atoms with Crippen LogP contribution in [0.1, 0.15) is 49.4 Å². The molecule has 2 saturated carbocycles. The highest BCUT2D eigenvalue weighted by molar-refractivity contribution is 5.86. The van der Waals surface area contributed by atoms with Crippen LogP contribution in [0.25, 0.3) is 55.6 Å². The predicted octanol–water partition coefficient (Wildman–Crippen LogP) is 5.56. The van der Waals surface area contributed by atoms with Crippen molar-refractivity contribution in [3.8, 4) is 22.5 Å². The molecule has 6 aromatic rings. The van der Waals surface area contributed by atoms with Gasteiger partial charge in [0.2, 0.25) is 0 Å². The maximum absolute atomic E-state index is 4.96. The molecule has 2 saturated heterocycles. The van der Waals surface area contributed by atoms with Gasteiger partial charge in [0.25, 0.3) is 0 Å². The van der Waals surface area contributed by atoms with Gasteiger partial charge in [0, 0.05) is 23.2 Å². The van der Waals surface area contributed by atoms with Crippen LogP contribution < -0.4 is 10.6 Å². The minimum absolute atomic E-state index is 0.351. The molecule has 40 heavy (non-hydrogen) atoms. The fourth-order valence-electron chi connectivity index (χ4n) is 7.10. The fraction of sp³-hybridized carbons (Fsp3) is 0.312. The van der Waals surface area contributed by atoms with E-state index < -0.39 is 0 Å². The number of nitrogens with one attached hydrogen (secondary N) is 4. The van der Waals surface area contributed by atoms with Gasteiger partial charge in [-0.05, 0) is 86.1 Å². The smallest absolute Gasteiger partial charge is 0.124 e. The highest BCUT2D eigenvalue weighted by Crippen LogP contribution is 2.46. The first-order chi connectivity index (χ1) is 19.7. The van der Waals surface area contributed by atoms with Crippen LogP contribution in [0.15, 0.2) is 60.7 Å². The largest absolute Gasteiger partial charge is 0.341 e. The van der Waals surface area contributed by atoms with E-state index in [1.807, 2.05) is 0 Å². The Bertz CT molecular complexity index is 1820. The molecule has 4 aliphatic rings. The SMILES string of the molecule is c1cc2nc([C@@H]3CC4C[C@H]4N3)[nH]c2cc1-c1ccc2nc(-c3ccc4nc([C@@H]5CC6C[C@H]6N5)[nH]c4c3)ccc2n1. The molecule has 196 valence electrons. The van der Waals surface area contributed by atoms with Crippen LogP contribution in [0.2, 0.25) is 0 Å². The van der Waals surface area contributed by atoms with Crippen molar-refractivity contribution in [2.75, 3.05) is 0 Å². The van der Waals surface area contributed by atoms with E-state index in [0.717, 1.165) is 79.1 Å². The first-order valence-corrected chi connectivity index (χ1v) is 14.5. The summed E-state index contributed by atoms with van der Waals surface area (Å²) in [5.74, 6) is 3.79. The lowest BCUT2D eigenvalue weighted by atomic mass is 10.1. The third-order valence-electron chi connectivity index (χ3n) is 9.55. The van der Waals surface area contributed by atoms with Crippen molar-refractivity contribution >= 4 is 33.1 Å². The molecule has 4 N–H and O–H groups in total. The van der Waals surface area contributed by atoms with Gasteiger partial charge in [0.15, 0.2) is 0 Å². The standard InChI is InChI=1S/C32H28N8/c1-3-23-27(39-31(37-23)29-13-17-11-25(17)35-29)9-15(1)19-5-7-22-21(33-19)8-6-20(34-22)16-2-4-24-28(10-16)40-32(38-24)30-14-18-12-26(18)36-30/h1-10,17-18,25-26,29-30,35-36H,11-14H2,(H,37,39)(H,38,40)/t17?,18?,25-,26-,29+,30+/m1/s1. The molecule has 2 aromatic carbocycles. The van der Waals surface area contributed by atoms with Gasteiger partial charge in [0.05, 0.1) is 56.6 Å². The highest BCUT2D eigenvalue weighted by Gasteiger charge is 2.47. The number of imidazole rings is 2. The second-order valence-corrected chi connectivity index (χ2v) is 12.3. The summed E-state index contributed by atoms with van der Waals surface area (Å²) in [5, 5.41) is 7.38. The number of hydrogen-bond donors (Lipinski definition) is 4. The number of rotatable bonds is 4. The lowest BCUT2D eigenvalue weighted by Crippen LogP contribution is -2.18. The predicted molar refractivity (Wildman–Crippen MR) is 154 cm³/mol. The van der Waals surface area contributed by atoms with E-state index in [0.29, 0.717) is 24.2 Å². The Kier molecular flexibility index (Phi) is 4.19. The molecule has 2 aliphatic carbocycles. The molecule has 0 radical (unpaired) electrons. The van der Waals surface area contributed by atoms with Crippen LogP contribution in [0.4, 0.5) is 0 Å². The normalized spacial score (nSPS) is 28.4. The van der Waals surface area contributed by atoms with Gasteiger partial charge in [-0.2, -0.15) is 0 Å². The molecule has 10 rings (SSSR count). The molecule has 6 atom stereocenters. The molecule has 2 aliphatic heterocycles. The second-order valence-electron chi connectivity index (χ2n) is 12.3. The number of benzene rings is 2. The molecule has 6 heterocycles. The third kappa shape index (κ3) is 3.39. The molecule has 0 bridgehead atoms. The molecular formula is C32H28N8. The summed E-state index contributed by atoms with van der Waals surface area (Å²) >= 11 is 0. The average molecular weight is 525 g/mol. The summed E-state index contributed by atoms with van der Waals surface area (Å²) in [5.41, 5.74) is 9.92. The van der Waals surface area contributed by atoms with Gasteiger partial charge in [-0.3, -0.25) is 0 Å². The van der Waals surface area contributed by atoms with Gasteiger partial charge < -0.3 is 20.6 Å². The van der Waals surface area contributed by atoms with Crippen LogP contribution in [0, 0.1) is 11.8 Å². The van der Waals surface area contributed by atoms with E-state index >= 15 is 0 Å². The first-order valence-electron chi connectivity index (χ1n) is 14.5. The van der Waals surface area contributed by atoms with Crippen molar-refractivity contribution < 1.29 is 0 Å². The zero-order chi connectivity index (χ0) is 25.9. The zero-order valence-electron chi connectivity index (χ0n) is 21.9. The molecule has 0 amide bonds. The van der Waals surface area contributed by atoms with Gasteiger partial charge in [0.1, 0.15) is 11.6 Å². The Morgan fingerprint density at radius 3 is 1.43 bits per heavy atom. The van der Waals surface area contributed by atoms with Gasteiger partial charge in [-0.25, -0.2) is 19.9 Å². The third-order valence-corrected chi connectivity index (χ3v) is 9.55. The number of pyridine rings is 2. The van der Waals surface area contributed by atoms with Crippen LogP contribution in [0.3, 0.4) is 0 Å². The topological polar surface area (TPSA) is 107 Å². The van der Waals surface area contributed by atoms with Crippen LogP contribution in [-0.4, -0.2) is 42.0 Å². The maximum atomic E-state index is 4.96. The fourth-order valence-corrected chi connectivity index (χ4v) is 7.10. The Labute approximate surface area is 230 Å². The molecule has 8 heteroatoms. The van der Waals surface area contributed by atoms with Crippen molar-refractivity contribution in [3.05, 3.63) is 72.3 Å². The Morgan fingerprint density at radius 2 is 0.975 bits per heavy atom. The quantitative estimate of drug-likeness (QED) is 0.240. The van der Waals surface area contributed by atoms with Crippen molar-refractivity contribution in [1.29, 1.82) is 0 Å². The molecular weight excluding hydrogens is 496 g/mol. The monoisotopic (exact) mass is 524 g/mol. The molecule has 2 unspecified atom stereocenters. The number of piperidine rings is 2. The van der Waals surface area contributed by atoms with E-state index in [4.69, 9.17) is 19.9 Å². The summed E-state index contributed by atoms with van der Waals surface area (Å²) in [7, 11) is 0.